The zero-order valence-corrected chi connectivity index (χ0v) is 18.4. The van der Waals surface area contributed by atoms with Gasteiger partial charge in [-0.15, -0.1) is 0 Å². The molecule has 0 fully saturated rings. The van der Waals surface area contributed by atoms with Gasteiger partial charge in [0.1, 0.15) is 5.75 Å². The second-order valence-corrected chi connectivity index (χ2v) is 8.65. The number of aliphatic hydroxyl groups excluding tert-OH is 1. The molecule has 0 saturated heterocycles. The Balaban J connectivity index is 1.76. The monoisotopic (exact) mass is 451 g/mol. The van der Waals surface area contributed by atoms with Crippen molar-refractivity contribution in [2.45, 2.75) is 25.5 Å². The van der Waals surface area contributed by atoms with Gasteiger partial charge in [-0.05, 0) is 71.1 Å². The van der Waals surface area contributed by atoms with Crippen LogP contribution >= 0.6 is 15.9 Å². The molecule has 1 N–H and O–H groups in total. The molecular weight excluding hydrogens is 426 g/mol. The Labute approximate surface area is 181 Å². The molecule has 1 aliphatic rings. The number of fused-ring (bicyclic) bond motifs is 3. The lowest BCUT2D eigenvalue weighted by atomic mass is 9.89. The van der Waals surface area contributed by atoms with E-state index < -0.39 is 6.10 Å². The molecule has 0 radical (unpaired) electrons. The zero-order chi connectivity index (χ0) is 20.4. The predicted octanol–water partition coefficient (Wildman–Crippen LogP) is 5.39. The third-order valence-electron chi connectivity index (χ3n) is 5.68. The Kier molecular flexibility index (Phi) is 6.04. The largest absolute Gasteiger partial charge is 0.496 e. The van der Waals surface area contributed by atoms with Crippen molar-refractivity contribution in [3.8, 4) is 16.9 Å². The summed E-state index contributed by atoms with van der Waals surface area (Å²) in [7, 11) is 3.87. The van der Waals surface area contributed by atoms with Gasteiger partial charge in [-0.1, -0.05) is 52.3 Å². The summed E-state index contributed by atoms with van der Waals surface area (Å²) in [4.78, 5) is 2.35. The fourth-order valence-electron chi connectivity index (χ4n) is 4.09. The van der Waals surface area contributed by atoms with Crippen molar-refractivity contribution in [1.29, 1.82) is 0 Å². The number of hydrogen-bond acceptors (Lipinski definition) is 3. The number of methoxy groups -OCH3 is 1. The van der Waals surface area contributed by atoms with Crippen molar-refractivity contribution in [2.24, 2.45) is 0 Å². The Morgan fingerprint density at radius 2 is 1.79 bits per heavy atom. The first-order valence-corrected chi connectivity index (χ1v) is 10.7. The van der Waals surface area contributed by atoms with Gasteiger partial charge < -0.3 is 14.7 Å². The maximum atomic E-state index is 10.8. The van der Waals surface area contributed by atoms with Crippen LogP contribution in [0.3, 0.4) is 0 Å². The minimum absolute atomic E-state index is 0.510. The Hall–Kier alpha value is -2.14. The number of aliphatic hydroxyl groups is 1. The molecule has 0 bridgehead atoms. The second kappa shape index (κ2) is 8.70. The van der Waals surface area contributed by atoms with Gasteiger partial charge in [0.15, 0.2) is 0 Å². The van der Waals surface area contributed by atoms with Crippen LogP contribution in [-0.4, -0.2) is 30.7 Å². The number of likely N-dealkylation sites (N-methyl/N-ethyl adjacent to an activating group) is 1. The molecule has 3 nitrogen and oxygen atoms in total. The van der Waals surface area contributed by atoms with Crippen LogP contribution in [0.4, 0.5) is 0 Å². The van der Waals surface area contributed by atoms with Gasteiger partial charge in [-0.2, -0.15) is 0 Å². The highest BCUT2D eigenvalue weighted by molar-refractivity contribution is 9.10. The smallest absolute Gasteiger partial charge is 0.122 e. The second-order valence-electron chi connectivity index (χ2n) is 7.74. The van der Waals surface area contributed by atoms with E-state index in [2.05, 4.69) is 64.3 Å². The van der Waals surface area contributed by atoms with Crippen molar-refractivity contribution in [1.82, 2.24) is 4.90 Å². The molecule has 0 amide bonds. The summed E-state index contributed by atoms with van der Waals surface area (Å²) in [5, 5.41) is 10.8. The van der Waals surface area contributed by atoms with Crippen LogP contribution < -0.4 is 4.74 Å². The summed E-state index contributed by atoms with van der Waals surface area (Å²) < 4.78 is 6.73. The van der Waals surface area contributed by atoms with E-state index in [0.717, 1.165) is 40.9 Å². The van der Waals surface area contributed by atoms with Crippen LogP contribution in [0.2, 0.25) is 0 Å². The average molecular weight is 452 g/mol. The molecule has 0 aliphatic carbocycles. The maximum absolute atomic E-state index is 10.8. The van der Waals surface area contributed by atoms with E-state index in [0.29, 0.717) is 6.42 Å². The molecule has 4 rings (SSSR count). The van der Waals surface area contributed by atoms with Crippen molar-refractivity contribution >= 4 is 15.9 Å². The predicted molar refractivity (Wildman–Crippen MR) is 121 cm³/mol. The van der Waals surface area contributed by atoms with E-state index >= 15 is 0 Å². The van der Waals surface area contributed by atoms with Gasteiger partial charge in [0.05, 0.1) is 13.2 Å². The lowest BCUT2D eigenvalue weighted by molar-refractivity contribution is 0.177. The molecule has 4 heteroatoms. The zero-order valence-electron chi connectivity index (χ0n) is 16.9. The van der Waals surface area contributed by atoms with Crippen LogP contribution in [0.25, 0.3) is 11.1 Å². The summed E-state index contributed by atoms with van der Waals surface area (Å²) in [6.07, 6.45) is 0.965. The SMILES string of the molecule is COc1cc2c(cc1CC(O)c1ccc(Br)cc1)-c1ccccc1CCN(C)C2. The standard InChI is InChI=1S/C25H26BrNO2/c1-27-12-11-17-5-3-4-6-22(17)23-13-19(25(29-2)15-20(23)16-27)14-24(28)18-7-9-21(26)10-8-18/h3-10,13,15,24,28H,11-12,14,16H2,1-2H3. The van der Waals surface area contributed by atoms with Crippen LogP contribution in [0.5, 0.6) is 5.75 Å². The molecule has 3 aromatic carbocycles. The van der Waals surface area contributed by atoms with E-state index in [9.17, 15) is 5.11 Å². The highest BCUT2D eigenvalue weighted by Crippen LogP contribution is 2.36. The summed E-state index contributed by atoms with van der Waals surface area (Å²) in [5.74, 6) is 0.839. The molecule has 0 saturated carbocycles. The Morgan fingerprint density at radius 3 is 2.55 bits per heavy atom. The molecule has 1 atom stereocenters. The first-order valence-electron chi connectivity index (χ1n) is 9.95. The normalized spacial score (nSPS) is 15.0. The summed E-state index contributed by atoms with van der Waals surface area (Å²) >= 11 is 3.45. The molecule has 1 unspecified atom stereocenters. The minimum atomic E-state index is -0.582. The first-order chi connectivity index (χ1) is 14.0. The van der Waals surface area contributed by atoms with Gasteiger partial charge in [0, 0.05) is 24.0 Å². The number of hydrogen-bond donors (Lipinski definition) is 1. The molecule has 150 valence electrons. The van der Waals surface area contributed by atoms with E-state index in [1.165, 1.54) is 22.3 Å². The third-order valence-corrected chi connectivity index (χ3v) is 6.21. The summed E-state index contributed by atoms with van der Waals surface area (Å²) in [6, 6.07) is 20.9. The van der Waals surface area contributed by atoms with Crippen LogP contribution in [0, 0.1) is 0 Å². The van der Waals surface area contributed by atoms with Gasteiger partial charge in [0.25, 0.3) is 0 Å². The molecule has 1 aliphatic heterocycles. The van der Waals surface area contributed by atoms with Gasteiger partial charge in [-0.25, -0.2) is 0 Å². The summed E-state index contributed by atoms with van der Waals surface area (Å²) in [6.45, 7) is 1.92. The van der Waals surface area contributed by atoms with Crippen LogP contribution in [0.1, 0.15) is 28.4 Å². The topological polar surface area (TPSA) is 32.7 Å². The molecule has 29 heavy (non-hydrogen) atoms. The number of benzene rings is 3. The number of rotatable bonds is 4. The maximum Gasteiger partial charge on any atom is 0.122 e. The molecular formula is C25H26BrNO2. The fourth-order valence-corrected chi connectivity index (χ4v) is 4.36. The van der Waals surface area contributed by atoms with E-state index in [1.54, 1.807) is 7.11 Å². The number of nitrogens with zero attached hydrogens (tertiary/aromatic N) is 1. The fraction of sp³-hybridized carbons (Fsp3) is 0.280. The Bertz CT molecular complexity index is 1000. The minimum Gasteiger partial charge on any atom is -0.496 e. The highest BCUT2D eigenvalue weighted by Gasteiger charge is 2.20. The van der Waals surface area contributed by atoms with Crippen LogP contribution in [-0.2, 0) is 19.4 Å². The van der Waals surface area contributed by atoms with Gasteiger partial charge in [-0.3, -0.25) is 0 Å². The molecule has 3 aromatic rings. The first kappa shape index (κ1) is 20.1. The molecule has 0 aromatic heterocycles. The third kappa shape index (κ3) is 4.40. The molecule has 0 spiro atoms. The van der Waals surface area contributed by atoms with E-state index in [1.807, 2.05) is 24.3 Å². The van der Waals surface area contributed by atoms with Crippen molar-refractivity contribution < 1.29 is 9.84 Å². The summed E-state index contributed by atoms with van der Waals surface area (Å²) in [5.41, 5.74) is 7.09. The average Bonchev–Trinajstić information content (AvgIpc) is 2.72. The number of ether oxygens (including phenoxy) is 1. The Morgan fingerprint density at radius 1 is 1.03 bits per heavy atom. The van der Waals surface area contributed by atoms with E-state index in [-0.39, 0.29) is 0 Å². The highest BCUT2D eigenvalue weighted by atomic mass is 79.9. The van der Waals surface area contributed by atoms with Gasteiger partial charge in [0.2, 0.25) is 0 Å². The van der Waals surface area contributed by atoms with Crippen molar-refractivity contribution in [2.75, 3.05) is 20.7 Å². The van der Waals surface area contributed by atoms with Gasteiger partial charge >= 0.3 is 0 Å². The molecule has 1 heterocycles. The number of halogens is 1. The lowest BCUT2D eigenvalue weighted by Crippen LogP contribution is -2.23. The van der Waals surface area contributed by atoms with Crippen molar-refractivity contribution in [3.63, 3.8) is 0 Å². The quantitative estimate of drug-likeness (QED) is 0.576. The van der Waals surface area contributed by atoms with E-state index in [4.69, 9.17) is 4.74 Å². The van der Waals surface area contributed by atoms with Crippen LogP contribution in [0.15, 0.2) is 65.1 Å². The van der Waals surface area contributed by atoms with Crippen molar-refractivity contribution in [3.05, 3.63) is 87.4 Å². The lowest BCUT2D eigenvalue weighted by Gasteiger charge is -2.26.